The molecule has 108 valence electrons. The van der Waals surface area contributed by atoms with E-state index in [4.69, 9.17) is 5.73 Å². The summed E-state index contributed by atoms with van der Waals surface area (Å²) in [4.78, 5) is 0.264. The predicted molar refractivity (Wildman–Crippen MR) is 79.6 cm³/mol. The second-order valence-corrected chi connectivity index (χ2v) is 8.32. The number of nitrogens with two attached hydrogens (primary N) is 1. The minimum absolute atomic E-state index is 0.0902. The molecule has 0 saturated carbocycles. The number of rotatable bonds is 3. The third kappa shape index (κ3) is 3.70. The Labute approximate surface area is 116 Å². The smallest absolute Gasteiger partial charge is 0.242 e. The molecule has 2 N–H and O–H groups in total. The zero-order valence-corrected chi connectivity index (χ0v) is 13.4. The molecule has 0 atom stereocenters. The molecular weight excluding hydrogens is 260 g/mol. The number of anilines is 1. The Morgan fingerprint density at radius 3 is 2.16 bits per heavy atom. The predicted octanol–water partition coefficient (Wildman–Crippen LogP) is 2.55. The Kier molecular flexibility index (Phi) is 4.32. The fourth-order valence-corrected chi connectivity index (χ4v) is 3.45. The molecule has 4 nitrogen and oxygen atoms in total. The van der Waals surface area contributed by atoms with Crippen LogP contribution in [-0.4, -0.2) is 26.3 Å². The maximum absolute atomic E-state index is 12.5. The lowest BCUT2D eigenvalue weighted by molar-refractivity contribution is 0.311. The average Bonchev–Trinajstić information content (AvgIpc) is 2.22. The lowest BCUT2D eigenvalue weighted by Crippen LogP contribution is -2.34. The van der Waals surface area contributed by atoms with E-state index in [0.29, 0.717) is 12.2 Å². The van der Waals surface area contributed by atoms with Gasteiger partial charge in [-0.1, -0.05) is 20.8 Å². The van der Waals surface area contributed by atoms with Crippen molar-refractivity contribution >= 4 is 15.7 Å². The molecule has 1 aromatic rings. The second kappa shape index (κ2) is 5.13. The summed E-state index contributed by atoms with van der Waals surface area (Å²) < 4.78 is 26.4. The highest BCUT2D eigenvalue weighted by molar-refractivity contribution is 7.89. The molecule has 0 aliphatic rings. The van der Waals surface area contributed by atoms with E-state index >= 15 is 0 Å². The highest BCUT2D eigenvalue weighted by Crippen LogP contribution is 2.25. The van der Waals surface area contributed by atoms with E-state index in [1.807, 2.05) is 34.6 Å². The molecular formula is C14H24N2O2S. The Balaban J connectivity index is 3.21. The van der Waals surface area contributed by atoms with Gasteiger partial charge in [-0.3, -0.25) is 0 Å². The van der Waals surface area contributed by atoms with Gasteiger partial charge in [0.2, 0.25) is 10.0 Å². The van der Waals surface area contributed by atoms with Crippen molar-refractivity contribution in [2.24, 2.45) is 5.41 Å². The van der Waals surface area contributed by atoms with E-state index in [1.54, 1.807) is 13.1 Å². The van der Waals surface area contributed by atoms with E-state index in [0.717, 1.165) is 11.1 Å². The van der Waals surface area contributed by atoms with Crippen LogP contribution in [0.1, 0.15) is 31.9 Å². The van der Waals surface area contributed by atoms with Crippen LogP contribution >= 0.6 is 0 Å². The molecule has 5 heteroatoms. The highest BCUT2D eigenvalue weighted by Gasteiger charge is 2.26. The maximum atomic E-state index is 12.5. The molecule has 0 aliphatic heterocycles. The van der Waals surface area contributed by atoms with Gasteiger partial charge in [0.25, 0.3) is 0 Å². The molecule has 0 spiro atoms. The number of benzene rings is 1. The van der Waals surface area contributed by atoms with Crippen LogP contribution in [-0.2, 0) is 10.0 Å². The summed E-state index contributed by atoms with van der Waals surface area (Å²) in [6.45, 7) is 10.2. The first-order valence-corrected chi connectivity index (χ1v) is 7.72. The Hall–Kier alpha value is -1.07. The van der Waals surface area contributed by atoms with Crippen molar-refractivity contribution < 1.29 is 8.42 Å². The first-order chi connectivity index (χ1) is 8.45. The Morgan fingerprint density at radius 1 is 1.21 bits per heavy atom. The largest absolute Gasteiger partial charge is 0.398 e. The van der Waals surface area contributed by atoms with Crippen LogP contribution in [0.3, 0.4) is 0 Å². The fraction of sp³-hybridized carbons (Fsp3) is 0.571. The molecule has 0 aliphatic carbocycles. The first-order valence-electron chi connectivity index (χ1n) is 6.28. The summed E-state index contributed by atoms with van der Waals surface area (Å²) in [7, 11) is -1.88. The summed E-state index contributed by atoms with van der Waals surface area (Å²) in [6.07, 6.45) is 0. The van der Waals surface area contributed by atoms with Gasteiger partial charge in [0.05, 0.1) is 4.90 Å². The molecule has 0 bridgehead atoms. The van der Waals surface area contributed by atoms with Crippen molar-refractivity contribution in [3.8, 4) is 0 Å². The van der Waals surface area contributed by atoms with Crippen LogP contribution in [0.25, 0.3) is 0 Å². The number of sulfonamides is 1. The summed E-state index contributed by atoms with van der Waals surface area (Å²) in [5.41, 5.74) is 8.11. The lowest BCUT2D eigenvalue weighted by Gasteiger charge is -2.26. The second-order valence-electron chi connectivity index (χ2n) is 6.28. The van der Waals surface area contributed by atoms with Crippen molar-refractivity contribution in [2.45, 2.75) is 39.5 Å². The highest BCUT2D eigenvalue weighted by atomic mass is 32.2. The zero-order valence-electron chi connectivity index (χ0n) is 12.6. The molecule has 1 rings (SSSR count). The molecule has 1 aromatic carbocycles. The molecule has 0 saturated heterocycles. The number of nitrogen functional groups attached to an aromatic ring is 1. The monoisotopic (exact) mass is 284 g/mol. The zero-order chi connectivity index (χ0) is 15.0. The number of aryl methyl sites for hydroxylation is 1. The molecule has 19 heavy (non-hydrogen) atoms. The molecule has 0 radical (unpaired) electrons. The van der Waals surface area contributed by atoms with Gasteiger partial charge in [-0.2, -0.15) is 0 Å². The minimum atomic E-state index is -3.48. The number of hydrogen-bond acceptors (Lipinski definition) is 3. The number of nitrogens with zero attached hydrogens (tertiary/aromatic N) is 1. The SMILES string of the molecule is Cc1cc(S(=O)(=O)N(C)CC(C)(C)C)cc(N)c1C. The maximum Gasteiger partial charge on any atom is 0.242 e. The van der Waals surface area contributed by atoms with Gasteiger partial charge < -0.3 is 5.73 Å². The van der Waals surface area contributed by atoms with Crippen LogP contribution in [0.2, 0.25) is 0 Å². The van der Waals surface area contributed by atoms with Crippen LogP contribution in [0.4, 0.5) is 5.69 Å². The quantitative estimate of drug-likeness (QED) is 0.868. The topological polar surface area (TPSA) is 63.4 Å². The van der Waals surface area contributed by atoms with Crippen molar-refractivity contribution in [3.63, 3.8) is 0 Å². The van der Waals surface area contributed by atoms with E-state index < -0.39 is 10.0 Å². The van der Waals surface area contributed by atoms with Gasteiger partial charge in [-0.15, -0.1) is 0 Å². The summed E-state index contributed by atoms with van der Waals surface area (Å²) in [5, 5.41) is 0. The third-order valence-electron chi connectivity index (χ3n) is 3.09. The Morgan fingerprint density at radius 2 is 1.74 bits per heavy atom. The van der Waals surface area contributed by atoms with E-state index in [9.17, 15) is 8.42 Å². The minimum Gasteiger partial charge on any atom is -0.398 e. The van der Waals surface area contributed by atoms with E-state index in [1.165, 1.54) is 10.4 Å². The standard InChI is InChI=1S/C14H24N2O2S/c1-10-7-12(8-13(15)11(10)2)19(17,18)16(6)9-14(3,4)5/h7-8H,9,15H2,1-6H3. The molecule has 0 amide bonds. The number of hydrogen-bond donors (Lipinski definition) is 1. The summed E-state index contributed by atoms with van der Waals surface area (Å²) in [5.74, 6) is 0. The van der Waals surface area contributed by atoms with Crippen molar-refractivity contribution in [1.29, 1.82) is 0 Å². The van der Waals surface area contributed by atoms with Crippen molar-refractivity contribution in [2.75, 3.05) is 19.3 Å². The molecule has 0 heterocycles. The van der Waals surface area contributed by atoms with Gasteiger partial charge in [0.15, 0.2) is 0 Å². The van der Waals surface area contributed by atoms with E-state index in [-0.39, 0.29) is 10.3 Å². The van der Waals surface area contributed by atoms with Gasteiger partial charge in [-0.25, -0.2) is 12.7 Å². The van der Waals surface area contributed by atoms with E-state index in [2.05, 4.69) is 0 Å². The van der Waals surface area contributed by atoms with Gasteiger partial charge in [-0.05, 0) is 42.5 Å². The van der Waals surface area contributed by atoms with Crippen LogP contribution < -0.4 is 5.73 Å². The van der Waals surface area contributed by atoms with Gasteiger partial charge in [0.1, 0.15) is 0 Å². The normalized spacial score (nSPS) is 13.0. The Bertz CT molecular complexity index is 549. The lowest BCUT2D eigenvalue weighted by atomic mass is 9.97. The van der Waals surface area contributed by atoms with Gasteiger partial charge >= 0.3 is 0 Å². The van der Waals surface area contributed by atoms with Crippen LogP contribution in [0.15, 0.2) is 17.0 Å². The molecule has 0 unspecified atom stereocenters. The van der Waals surface area contributed by atoms with Crippen LogP contribution in [0, 0.1) is 19.3 Å². The summed E-state index contributed by atoms with van der Waals surface area (Å²) in [6, 6.07) is 3.22. The first kappa shape index (κ1) is 16.0. The van der Waals surface area contributed by atoms with Crippen molar-refractivity contribution in [3.05, 3.63) is 23.3 Å². The third-order valence-corrected chi connectivity index (χ3v) is 4.87. The van der Waals surface area contributed by atoms with Crippen LogP contribution in [0.5, 0.6) is 0 Å². The fourth-order valence-electron chi connectivity index (χ4n) is 1.93. The van der Waals surface area contributed by atoms with Gasteiger partial charge in [0, 0.05) is 19.3 Å². The summed E-state index contributed by atoms with van der Waals surface area (Å²) >= 11 is 0. The van der Waals surface area contributed by atoms with Crippen molar-refractivity contribution in [1.82, 2.24) is 4.31 Å². The average molecular weight is 284 g/mol. The molecule has 0 aromatic heterocycles. The molecule has 0 fully saturated rings.